The van der Waals surface area contributed by atoms with Crippen molar-refractivity contribution in [3.05, 3.63) is 0 Å². The van der Waals surface area contributed by atoms with Crippen LogP contribution in [0.25, 0.3) is 0 Å². The number of methoxy groups -OCH3 is 1. The number of alkyl carbamates (subject to hydrolysis) is 1. The van der Waals surface area contributed by atoms with Gasteiger partial charge in [0.2, 0.25) is 6.29 Å². The number of hydrogen-bond acceptors (Lipinski definition) is 6. The molecule has 1 saturated carbocycles. The highest BCUT2D eigenvalue weighted by Crippen LogP contribution is 2.61. The van der Waals surface area contributed by atoms with Crippen molar-refractivity contribution in [1.82, 2.24) is 5.32 Å². The van der Waals surface area contributed by atoms with Gasteiger partial charge in [0.1, 0.15) is 5.60 Å². The van der Waals surface area contributed by atoms with E-state index in [9.17, 15) is 9.59 Å². The van der Waals surface area contributed by atoms with Gasteiger partial charge in [-0.1, -0.05) is 0 Å². The van der Waals surface area contributed by atoms with E-state index in [1.165, 1.54) is 14.2 Å². The molecular weight excluding hydrogens is 266 g/mol. The molecule has 0 aromatic rings. The second-order valence-electron chi connectivity index (χ2n) is 5.70. The van der Waals surface area contributed by atoms with Crippen molar-refractivity contribution in [1.29, 1.82) is 0 Å². The Morgan fingerprint density at radius 1 is 1.40 bits per heavy atom. The Bertz CT molecular complexity index is 441. The summed E-state index contributed by atoms with van der Waals surface area (Å²) in [6, 6.07) is 0. The van der Waals surface area contributed by atoms with Crippen molar-refractivity contribution >= 4 is 12.1 Å². The van der Waals surface area contributed by atoms with E-state index in [1.54, 1.807) is 0 Å². The molecule has 0 spiro atoms. The Kier molecular flexibility index (Phi) is 3.13. The van der Waals surface area contributed by atoms with Crippen LogP contribution < -0.4 is 5.32 Å². The molecule has 2 heterocycles. The summed E-state index contributed by atoms with van der Waals surface area (Å²) >= 11 is 0. The molecule has 0 bridgehead atoms. The van der Waals surface area contributed by atoms with Crippen molar-refractivity contribution in [3.63, 3.8) is 0 Å². The molecule has 0 aromatic heterocycles. The summed E-state index contributed by atoms with van der Waals surface area (Å²) in [4.78, 5) is 23.3. The first-order valence-electron chi connectivity index (χ1n) is 6.77. The Labute approximate surface area is 116 Å². The van der Waals surface area contributed by atoms with Crippen LogP contribution in [0.3, 0.4) is 0 Å². The molecular formula is C13H19NO6. The molecule has 3 fully saturated rings. The van der Waals surface area contributed by atoms with Crippen LogP contribution in [0.4, 0.5) is 4.79 Å². The van der Waals surface area contributed by atoms with Gasteiger partial charge >= 0.3 is 12.1 Å². The summed E-state index contributed by atoms with van der Waals surface area (Å²) in [5.74, 6) is -0.664. The van der Waals surface area contributed by atoms with Crippen LogP contribution in [0.5, 0.6) is 0 Å². The summed E-state index contributed by atoms with van der Waals surface area (Å²) in [7, 11) is 2.87. The van der Waals surface area contributed by atoms with E-state index in [0.29, 0.717) is 0 Å². The average molecular weight is 285 g/mol. The van der Waals surface area contributed by atoms with Crippen LogP contribution in [0, 0.1) is 17.8 Å². The number of fused-ring (bicyclic) bond motifs is 3. The first kappa shape index (κ1) is 13.6. The normalized spacial score (nSPS) is 45.0. The zero-order valence-electron chi connectivity index (χ0n) is 11.8. The van der Waals surface area contributed by atoms with E-state index < -0.39 is 12.4 Å². The molecule has 6 atom stereocenters. The van der Waals surface area contributed by atoms with Crippen LogP contribution in [-0.4, -0.2) is 50.8 Å². The topological polar surface area (TPSA) is 86.4 Å². The minimum absolute atomic E-state index is 0.0645. The number of nitrogens with one attached hydrogen (secondary N) is 1. The lowest BCUT2D eigenvalue weighted by Crippen LogP contribution is -2.50. The minimum Gasteiger partial charge on any atom is -0.469 e. The maximum absolute atomic E-state index is 11.9. The van der Waals surface area contributed by atoms with Crippen molar-refractivity contribution in [2.75, 3.05) is 20.8 Å². The van der Waals surface area contributed by atoms with E-state index in [0.717, 1.165) is 6.42 Å². The molecule has 20 heavy (non-hydrogen) atoms. The summed E-state index contributed by atoms with van der Waals surface area (Å²) in [5, 5.41) is 2.40. The van der Waals surface area contributed by atoms with Gasteiger partial charge in [-0.05, 0) is 19.3 Å². The molecule has 0 aromatic carbocycles. The largest absolute Gasteiger partial charge is 0.469 e. The van der Waals surface area contributed by atoms with Gasteiger partial charge < -0.3 is 24.3 Å². The van der Waals surface area contributed by atoms with Gasteiger partial charge in [-0.3, -0.25) is 4.79 Å². The number of epoxide rings is 1. The van der Waals surface area contributed by atoms with Crippen LogP contribution in [-0.2, 0) is 23.7 Å². The number of carbonyl (C=O) groups excluding carboxylic acids is 2. The molecule has 3 rings (SSSR count). The van der Waals surface area contributed by atoms with Crippen LogP contribution >= 0.6 is 0 Å². The Morgan fingerprint density at radius 3 is 2.80 bits per heavy atom. The Balaban J connectivity index is 1.80. The van der Waals surface area contributed by atoms with Crippen LogP contribution in [0.15, 0.2) is 0 Å². The van der Waals surface area contributed by atoms with E-state index in [2.05, 4.69) is 5.32 Å². The Morgan fingerprint density at radius 2 is 2.15 bits per heavy atom. The Hall–Kier alpha value is -1.34. The van der Waals surface area contributed by atoms with Crippen molar-refractivity contribution in [2.24, 2.45) is 17.8 Å². The minimum atomic E-state index is -0.682. The highest BCUT2D eigenvalue weighted by atomic mass is 16.7. The van der Waals surface area contributed by atoms with Gasteiger partial charge in [-0.15, -0.1) is 0 Å². The van der Waals surface area contributed by atoms with Gasteiger partial charge in [0.15, 0.2) is 0 Å². The van der Waals surface area contributed by atoms with Crippen LogP contribution in [0.2, 0.25) is 0 Å². The molecule has 7 nitrogen and oxygen atoms in total. The standard InChI is InChI=1S/C13H19NO6/c1-13-8(20-13)4-6-7(10(15)17-3)5-18-11(9(6)13)19-12(16)14-2/h6-9,11H,4-5H2,1-3H3,(H,14,16). The fourth-order valence-electron chi connectivity index (χ4n) is 3.65. The second kappa shape index (κ2) is 4.60. The highest BCUT2D eigenvalue weighted by Gasteiger charge is 2.71. The lowest BCUT2D eigenvalue weighted by Gasteiger charge is -2.40. The first-order valence-corrected chi connectivity index (χ1v) is 6.77. The predicted octanol–water partition coefficient (Wildman–Crippen LogP) is 0.282. The van der Waals surface area contributed by atoms with Gasteiger partial charge in [-0.25, -0.2) is 4.79 Å². The maximum Gasteiger partial charge on any atom is 0.409 e. The van der Waals surface area contributed by atoms with Gasteiger partial charge in [0.05, 0.1) is 31.7 Å². The summed E-state index contributed by atoms with van der Waals surface area (Å²) in [6.45, 7) is 2.18. The van der Waals surface area contributed by atoms with E-state index in [4.69, 9.17) is 18.9 Å². The number of ether oxygens (including phenoxy) is 4. The van der Waals surface area contributed by atoms with E-state index in [1.807, 2.05) is 6.92 Å². The fourth-order valence-corrected chi connectivity index (χ4v) is 3.65. The third kappa shape index (κ3) is 1.88. The number of carbonyl (C=O) groups is 2. The fraction of sp³-hybridized carbons (Fsp3) is 0.846. The summed E-state index contributed by atoms with van der Waals surface area (Å²) in [5.41, 5.74) is -0.365. The summed E-state index contributed by atoms with van der Waals surface area (Å²) < 4.78 is 21.4. The zero-order valence-corrected chi connectivity index (χ0v) is 11.8. The SMILES string of the molecule is CNC(=O)OC1OCC(C(=O)OC)C2CC3OC3(C)C12. The van der Waals surface area contributed by atoms with Gasteiger partial charge in [-0.2, -0.15) is 0 Å². The maximum atomic E-state index is 11.9. The quantitative estimate of drug-likeness (QED) is 0.579. The number of amides is 1. The number of esters is 1. The summed E-state index contributed by atoms with van der Waals surface area (Å²) in [6.07, 6.45) is -0.337. The molecule has 1 N–H and O–H groups in total. The molecule has 3 aliphatic rings. The van der Waals surface area contributed by atoms with Gasteiger partial charge in [0.25, 0.3) is 0 Å². The molecule has 6 unspecified atom stereocenters. The first-order chi connectivity index (χ1) is 9.51. The molecule has 7 heteroatoms. The van der Waals surface area contributed by atoms with Crippen LogP contribution in [0.1, 0.15) is 13.3 Å². The monoisotopic (exact) mass is 285 g/mol. The zero-order chi connectivity index (χ0) is 14.5. The number of rotatable bonds is 2. The van der Waals surface area contributed by atoms with Crippen molar-refractivity contribution < 1.29 is 28.5 Å². The van der Waals surface area contributed by atoms with E-state index in [-0.39, 0.29) is 42.0 Å². The average Bonchev–Trinajstić information content (AvgIpc) is 3.00. The molecule has 2 saturated heterocycles. The second-order valence-corrected chi connectivity index (χ2v) is 5.70. The smallest absolute Gasteiger partial charge is 0.409 e. The molecule has 0 radical (unpaired) electrons. The molecule has 2 aliphatic heterocycles. The third-order valence-corrected chi connectivity index (χ3v) is 4.77. The lowest BCUT2D eigenvalue weighted by atomic mass is 9.78. The predicted molar refractivity (Wildman–Crippen MR) is 65.7 cm³/mol. The van der Waals surface area contributed by atoms with Crippen molar-refractivity contribution in [3.8, 4) is 0 Å². The van der Waals surface area contributed by atoms with Crippen molar-refractivity contribution in [2.45, 2.75) is 31.3 Å². The molecule has 112 valence electrons. The number of hydrogen-bond donors (Lipinski definition) is 1. The lowest BCUT2D eigenvalue weighted by molar-refractivity contribution is -0.214. The highest BCUT2D eigenvalue weighted by molar-refractivity contribution is 5.73. The van der Waals surface area contributed by atoms with E-state index >= 15 is 0 Å². The molecule has 1 amide bonds. The van der Waals surface area contributed by atoms with Gasteiger partial charge in [0, 0.05) is 7.05 Å². The third-order valence-electron chi connectivity index (χ3n) is 4.77. The molecule has 1 aliphatic carbocycles.